The van der Waals surface area contributed by atoms with Crippen molar-refractivity contribution in [2.24, 2.45) is 0 Å². The monoisotopic (exact) mass is 196 g/mol. The van der Waals surface area contributed by atoms with E-state index in [-0.39, 0.29) is 5.54 Å². The van der Waals surface area contributed by atoms with Crippen molar-refractivity contribution in [3.05, 3.63) is 5.89 Å². The predicted molar refractivity (Wildman–Crippen MR) is 53.2 cm³/mol. The number of hydrogen-bond donors (Lipinski definition) is 1. The molecule has 2 rings (SSSR count). The van der Waals surface area contributed by atoms with Gasteiger partial charge >= 0.3 is 0 Å². The van der Waals surface area contributed by atoms with Crippen molar-refractivity contribution in [3.63, 3.8) is 0 Å². The SMILES string of the molecule is CNC1(c2nc(N(C)C)no2)CCC1. The number of nitrogens with zero attached hydrogens (tertiary/aromatic N) is 3. The first-order valence-corrected chi connectivity index (χ1v) is 4.88. The quantitative estimate of drug-likeness (QED) is 0.772. The molecule has 1 aliphatic carbocycles. The Labute approximate surface area is 83.5 Å². The zero-order chi connectivity index (χ0) is 10.2. The van der Waals surface area contributed by atoms with Gasteiger partial charge in [0.1, 0.15) is 0 Å². The molecule has 0 radical (unpaired) electrons. The fraction of sp³-hybridized carbons (Fsp3) is 0.778. The molecule has 1 aliphatic rings. The molecule has 0 saturated heterocycles. The van der Waals surface area contributed by atoms with Crippen molar-refractivity contribution in [3.8, 4) is 0 Å². The number of hydrogen-bond acceptors (Lipinski definition) is 5. The Bertz CT molecular complexity index is 311. The van der Waals surface area contributed by atoms with Gasteiger partial charge in [-0.1, -0.05) is 0 Å². The Morgan fingerprint density at radius 3 is 2.50 bits per heavy atom. The van der Waals surface area contributed by atoms with Crippen molar-refractivity contribution < 1.29 is 4.52 Å². The van der Waals surface area contributed by atoms with E-state index >= 15 is 0 Å². The lowest BCUT2D eigenvalue weighted by Gasteiger charge is -2.37. The van der Waals surface area contributed by atoms with Crippen molar-refractivity contribution in [1.82, 2.24) is 15.5 Å². The first kappa shape index (κ1) is 9.45. The maximum atomic E-state index is 5.26. The van der Waals surface area contributed by atoms with Gasteiger partial charge in [-0.2, -0.15) is 4.98 Å². The van der Waals surface area contributed by atoms with E-state index in [1.54, 1.807) is 0 Å². The van der Waals surface area contributed by atoms with Crippen LogP contribution < -0.4 is 10.2 Å². The zero-order valence-electron chi connectivity index (χ0n) is 8.87. The second kappa shape index (κ2) is 3.24. The molecule has 1 aromatic rings. The third-order valence-electron chi connectivity index (χ3n) is 2.91. The van der Waals surface area contributed by atoms with Crippen LogP contribution in [-0.4, -0.2) is 31.3 Å². The molecule has 1 N–H and O–H groups in total. The second-order valence-corrected chi connectivity index (χ2v) is 3.98. The maximum absolute atomic E-state index is 5.26. The highest BCUT2D eigenvalue weighted by Crippen LogP contribution is 2.40. The van der Waals surface area contributed by atoms with Crippen molar-refractivity contribution in [2.75, 3.05) is 26.0 Å². The van der Waals surface area contributed by atoms with Crippen LogP contribution in [0, 0.1) is 0 Å². The van der Waals surface area contributed by atoms with Gasteiger partial charge in [-0.3, -0.25) is 0 Å². The van der Waals surface area contributed by atoms with E-state index in [0.29, 0.717) is 5.95 Å². The second-order valence-electron chi connectivity index (χ2n) is 3.98. The van der Waals surface area contributed by atoms with Gasteiger partial charge in [-0.15, -0.1) is 0 Å². The van der Waals surface area contributed by atoms with Crippen LogP contribution in [0.3, 0.4) is 0 Å². The van der Waals surface area contributed by atoms with Crippen LogP contribution in [0.15, 0.2) is 4.52 Å². The molecule has 0 aliphatic heterocycles. The normalized spacial score (nSPS) is 19.1. The molecule has 5 nitrogen and oxygen atoms in total. The average Bonchev–Trinajstić information content (AvgIpc) is 2.52. The maximum Gasteiger partial charge on any atom is 0.265 e. The summed E-state index contributed by atoms with van der Waals surface area (Å²) in [5, 5.41) is 7.18. The van der Waals surface area contributed by atoms with Crippen molar-refractivity contribution in [2.45, 2.75) is 24.8 Å². The topological polar surface area (TPSA) is 54.2 Å². The van der Waals surface area contributed by atoms with E-state index < -0.39 is 0 Å². The minimum absolute atomic E-state index is 0.0543. The minimum Gasteiger partial charge on any atom is -0.344 e. The number of nitrogens with one attached hydrogen (secondary N) is 1. The van der Waals surface area contributed by atoms with Gasteiger partial charge in [-0.25, -0.2) is 0 Å². The summed E-state index contributed by atoms with van der Waals surface area (Å²) in [6.07, 6.45) is 3.39. The molecule has 0 atom stereocenters. The summed E-state index contributed by atoms with van der Waals surface area (Å²) >= 11 is 0. The van der Waals surface area contributed by atoms with Crippen LogP contribution in [0.5, 0.6) is 0 Å². The van der Waals surface area contributed by atoms with Gasteiger partial charge in [0.25, 0.3) is 5.95 Å². The Kier molecular flexibility index (Phi) is 2.19. The molecule has 0 unspecified atom stereocenters. The molecule has 1 aromatic heterocycles. The van der Waals surface area contributed by atoms with Crippen LogP contribution in [0.25, 0.3) is 0 Å². The summed E-state index contributed by atoms with van der Waals surface area (Å²) in [7, 11) is 5.75. The zero-order valence-corrected chi connectivity index (χ0v) is 8.87. The van der Waals surface area contributed by atoms with Gasteiger partial charge in [0.05, 0.1) is 5.54 Å². The summed E-state index contributed by atoms with van der Waals surface area (Å²) in [5.74, 6) is 1.36. The van der Waals surface area contributed by atoms with Gasteiger partial charge < -0.3 is 14.7 Å². The lowest BCUT2D eigenvalue weighted by molar-refractivity contribution is 0.142. The van der Waals surface area contributed by atoms with Crippen LogP contribution >= 0.6 is 0 Å². The van der Waals surface area contributed by atoms with Crippen LogP contribution in [0.1, 0.15) is 25.2 Å². The summed E-state index contributed by atoms with van der Waals surface area (Å²) in [4.78, 5) is 6.20. The summed E-state index contributed by atoms with van der Waals surface area (Å²) in [6.45, 7) is 0. The van der Waals surface area contributed by atoms with Gasteiger partial charge in [-0.05, 0) is 31.5 Å². The Balaban J connectivity index is 2.23. The summed E-state index contributed by atoms with van der Waals surface area (Å²) in [5.41, 5.74) is -0.0543. The molecule has 1 saturated carbocycles. The fourth-order valence-electron chi connectivity index (χ4n) is 1.69. The van der Waals surface area contributed by atoms with Gasteiger partial charge in [0.2, 0.25) is 5.89 Å². The van der Waals surface area contributed by atoms with Crippen LogP contribution in [0.4, 0.5) is 5.95 Å². The van der Waals surface area contributed by atoms with Crippen molar-refractivity contribution in [1.29, 1.82) is 0 Å². The number of anilines is 1. The summed E-state index contributed by atoms with van der Waals surface area (Å²) < 4.78 is 5.26. The molecule has 5 heteroatoms. The van der Waals surface area contributed by atoms with Crippen LogP contribution in [-0.2, 0) is 5.54 Å². The molecule has 78 valence electrons. The highest BCUT2D eigenvalue weighted by atomic mass is 16.5. The lowest BCUT2D eigenvalue weighted by atomic mass is 9.77. The molecular formula is C9H16N4O. The highest BCUT2D eigenvalue weighted by Gasteiger charge is 2.42. The lowest BCUT2D eigenvalue weighted by Crippen LogP contribution is -2.46. The van der Waals surface area contributed by atoms with Crippen LogP contribution in [0.2, 0.25) is 0 Å². The van der Waals surface area contributed by atoms with E-state index in [9.17, 15) is 0 Å². The van der Waals surface area contributed by atoms with Crippen molar-refractivity contribution >= 4 is 5.95 Å². The molecule has 0 aromatic carbocycles. The Hall–Kier alpha value is -1.10. The van der Waals surface area contributed by atoms with E-state index in [2.05, 4.69) is 15.5 Å². The first-order chi connectivity index (χ1) is 6.68. The standard InChI is InChI=1S/C9H16N4O/c1-10-9(5-4-6-9)7-11-8(12-14-7)13(2)3/h10H,4-6H2,1-3H3. The number of aromatic nitrogens is 2. The average molecular weight is 196 g/mol. The largest absolute Gasteiger partial charge is 0.344 e. The van der Waals surface area contributed by atoms with Gasteiger partial charge in [0.15, 0.2) is 0 Å². The third kappa shape index (κ3) is 1.28. The molecular weight excluding hydrogens is 180 g/mol. The fourth-order valence-corrected chi connectivity index (χ4v) is 1.69. The first-order valence-electron chi connectivity index (χ1n) is 4.88. The number of rotatable bonds is 3. The molecule has 1 fully saturated rings. The van der Waals surface area contributed by atoms with E-state index in [0.717, 1.165) is 18.7 Å². The molecule has 0 spiro atoms. The molecule has 1 heterocycles. The van der Waals surface area contributed by atoms with E-state index in [1.165, 1.54) is 6.42 Å². The Morgan fingerprint density at radius 2 is 2.14 bits per heavy atom. The smallest absolute Gasteiger partial charge is 0.265 e. The van der Waals surface area contributed by atoms with E-state index in [4.69, 9.17) is 4.52 Å². The van der Waals surface area contributed by atoms with Gasteiger partial charge in [0, 0.05) is 14.1 Å². The Morgan fingerprint density at radius 1 is 1.43 bits per heavy atom. The minimum atomic E-state index is -0.0543. The summed E-state index contributed by atoms with van der Waals surface area (Å²) in [6, 6.07) is 0. The highest BCUT2D eigenvalue weighted by molar-refractivity contribution is 5.25. The predicted octanol–water partition coefficient (Wildman–Crippen LogP) is 0.734. The van der Waals surface area contributed by atoms with E-state index in [1.807, 2.05) is 26.0 Å². The third-order valence-corrected chi connectivity index (χ3v) is 2.91. The molecule has 0 bridgehead atoms. The molecule has 14 heavy (non-hydrogen) atoms. The molecule has 0 amide bonds.